The van der Waals surface area contributed by atoms with Crippen molar-refractivity contribution in [3.63, 3.8) is 0 Å². The summed E-state index contributed by atoms with van der Waals surface area (Å²) in [6.45, 7) is 3.89. The Morgan fingerprint density at radius 2 is 1.52 bits per heavy atom. The second kappa shape index (κ2) is 11.6. The fourth-order valence-corrected chi connectivity index (χ4v) is 4.21. The third-order valence-corrected chi connectivity index (χ3v) is 5.86. The number of fused-ring (bicyclic) bond motifs is 1. The smallest absolute Gasteiger partial charge is 0.326 e. The molecule has 1 aliphatic rings. The van der Waals surface area contributed by atoms with E-state index >= 15 is 0 Å². The largest absolute Gasteiger partial charge is 0.480 e. The zero-order chi connectivity index (χ0) is 23.8. The number of benzene rings is 2. The molecule has 7 nitrogen and oxygen atoms in total. The highest BCUT2D eigenvalue weighted by atomic mass is 16.4. The van der Waals surface area contributed by atoms with Crippen LogP contribution in [-0.4, -0.2) is 47.6 Å². The van der Waals surface area contributed by atoms with Crippen LogP contribution in [0.1, 0.15) is 37.0 Å². The number of hydrogen-bond acceptors (Lipinski definition) is 4. The molecule has 0 radical (unpaired) electrons. The zero-order valence-corrected chi connectivity index (χ0v) is 19.2. The highest BCUT2D eigenvalue weighted by molar-refractivity contribution is 5.91. The molecule has 0 bridgehead atoms. The number of rotatable bonds is 11. The summed E-state index contributed by atoms with van der Waals surface area (Å²) in [5, 5.41) is 18.2. The van der Waals surface area contributed by atoms with Crippen LogP contribution in [0, 0.1) is 5.92 Å². The van der Waals surface area contributed by atoms with Gasteiger partial charge in [0.05, 0.1) is 6.54 Å². The monoisotopic (exact) mass is 451 g/mol. The SMILES string of the molecule is CC(C)CC(NC(=O)C(Cc1ccccc1)NC(=O)CNC1Cc2ccccc2C1)C(=O)O. The molecular formula is C26H33N3O4. The minimum Gasteiger partial charge on any atom is -0.480 e. The van der Waals surface area contributed by atoms with Crippen LogP contribution in [0.2, 0.25) is 0 Å². The van der Waals surface area contributed by atoms with Crippen LogP contribution in [0.3, 0.4) is 0 Å². The van der Waals surface area contributed by atoms with E-state index in [1.54, 1.807) is 0 Å². The van der Waals surface area contributed by atoms with E-state index in [0.717, 1.165) is 18.4 Å². The number of carbonyl (C=O) groups excluding carboxylic acids is 2. The van der Waals surface area contributed by atoms with E-state index in [4.69, 9.17) is 0 Å². The standard InChI is InChI=1S/C26H33N3O4/c1-17(2)12-23(26(32)33)29-25(31)22(13-18-8-4-3-5-9-18)28-24(30)16-27-21-14-19-10-6-7-11-20(19)15-21/h3-11,17,21-23,27H,12-16H2,1-2H3,(H,28,30)(H,29,31)(H,32,33). The molecule has 0 fully saturated rings. The van der Waals surface area contributed by atoms with E-state index < -0.39 is 24.0 Å². The van der Waals surface area contributed by atoms with Gasteiger partial charge in [-0.05, 0) is 41.9 Å². The first-order valence-corrected chi connectivity index (χ1v) is 11.5. The van der Waals surface area contributed by atoms with Crippen LogP contribution < -0.4 is 16.0 Å². The summed E-state index contributed by atoms with van der Waals surface area (Å²) in [6, 6.07) is 15.9. The molecule has 2 unspecified atom stereocenters. The molecule has 2 amide bonds. The molecule has 0 heterocycles. The molecule has 7 heteroatoms. The summed E-state index contributed by atoms with van der Waals surface area (Å²) in [4.78, 5) is 37.3. The molecule has 4 N–H and O–H groups in total. The minimum atomic E-state index is -1.08. The van der Waals surface area contributed by atoms with Gasteiger partial charge in [0, 0.05) is 12.5 Å². The van der Waals surface area contributed by atoms with E-state index in [1.807, 2.05) is 56.3 Å². The Morgan fingerprint density at radius 3 is 2.09 bits per heavy atom. The molecular weight excluding hydrogens is 418 g/mol. The fourth-order valence-electron chi connectivity index (χ4n) is 4.21. The van der Waals surface area contributed by atoms with Gasteiger partial charge in [0.25, 0.3) is 0 Å². The van der Waals surface area contributed by atoms with Crippen LogP contribution in [-0.2, 0) is 33.6 Å². The Morgan fingerprint density at radius 1 is 0.909 bits per heavy atom. The topological polar surface area (TPSA) is 108 Å². The van der Waals surface area contributed by atoms with Crippen molar-refractivity contribution >= 4 is 17.8 Å². The third-order valence-electron chi connectivity index (χ3n) is 5.86. The summed E-state index contributed by atoms with van der Waals surface area (Å²) in [5.41, 5.74) is 3.47. The van der Waals surface area contributed by atoms with Crippen molar-refractivity contribution in [2.24, 2.45) is 5.92 Å². The van der Waals surface area contributed by atoms with Crippen molar-refractivity contribution < 1.29 is 19.5 Å². The van der Waals surface area contributed by atoms with Gasteiger partial charge in [0.15, 0.2) is 0 Å². The fraction of sp³-hybridized carbons (Fsp3) is 0.423. The molecule has 2 atom stereocenters. The van der Waals surface area contributed by atoms with E-state index in [0.29, 0.717) is 6.42 Å². The average Bonchev–Trinajstić information content (AvgIpc) is 3.20. The van der Waals surface area contributed by atoms with Crippen LogP contribution in [0.25, 0.3) is 0 Å². The number of aliphatic carboxylic acids is 1. The molecule has 0 saturated heterocycles. The summed E-state index contributed by atoms with van der Waals surface area (Å²) < 4.78 is 0. The first-order valence-electron chi connectivity index (χ1n) is 11.5. The zero-order valence-electron chi connectivity index (χ0n) is 19.2. The lowest BCUT2D eigenvalue weighted by Gasteiger charge is -2.23. The summed E-state index contributed by atoms with van der Waals surface area (Å²) in [7, 11) is 0. The Bertz CT molecular complexity index is 936. The summed E-state index contributed by atoms with van der Waals surface area (Å²) in [6.07, 6.45) is 2.33. The van der Waals surface area contributed by atoms with Crippen molar-refractivity contribution in [1.82, 2.24) is 16.0 Å². The predicted octanol–water partition coefficient (Wildman–Crippen LogP) is 2.09. The molecule has 0 aliphatic heterocycles. The van der Waals surface area contributed by atoms with Gasteiger partial charge in [0.1, 0.15) is 12.1 Å². The highest BCUT2D eigenvalue weighted by Crippen LogP contribution is 2.21. The molecule has 3 rings (SSSR count). The molecule has 2 aromatic carbocycles. The number of carbonyl (C=O) groups is 3. The number of hydrogen-bond donors (Lipinski definition) is 4. The van der Waals surface area contributed by atoms with Gasteiger partial charge in [0.2, 0.25) is 11.8 Å². The van der Waals surface area contributed by atoms with Gasteiger partial charge in [-0.25, -0.2) is 4.79 Å². The van der Waals surface area contributed by atoms with Gasteiger partial charge >= 0.3 is 5.97 Å². The lowest BCUT2D eigenvalue weighted by molar-refractivity contribution is -0.142. The predicted molar refractivity (Wildman–Crippen MR) is 127 cm³/mol. The van der Waals surface area contributed by atoms with Crippen molar-refractivity contribution in [3.05, 3.63) is 71.3 Å². The molecule has 2 aromatic rings. The van der Waals surface area contributed by atoms with Crippen LogP contribution in [0.4, 0.5) is 0 Å². The first kappa shape index (κ1) is 24.5. The van der Waals surface area contributed by atoms with Crippen molar-refractivity contribution in [3.8, 4) is 0 Å². The lowest BCUT2D eigenvalue weighted by atomic mass is 10.0. The number of amides is 2. The number of carboxylic acids is 1. The Hall–Kier alpha value is -3.19. The van der Waals surface area contributed by atoms with Gasteiger partial charge in [-0.2, -0.15) is 0 Å². The van der Waals surface area contributed by atoms with Crippen molar-refractivity contribution in [2.75, 3.05) is 6.54 Å². The van der Waals surface area contributed by atoms with Gasteiger partial charge in [-0.1, -0.05) is 68.4 Å². The minimum absolute atomic E-state index is 0.0889. The maximum atomic E-state index is 13.0. The summed E-state index contributed by atoms with van der Waals surface area (Å²) >= 11 is 0. The molecule has 0 spiro atoms. The van der Waals surface area contributed by atoms with Crippen LogP contribution in [0.5, 0.6) is 0 Å². The Labute approximate surface area is 195 Å². The second-order valence-electron chi connectivity index (χ2n) is 9.09. The van der Waals surface area contributed by atoms with Crippen LogP contribution in [0.15, 0.2) is 54.6 Å². The third kappa shape index (κ3) is 7.43. The van der Waals surface area contributed by atoms with Crippen molar-refractivity contribution in [1.29, 1.82) is 0 Å². The first-order chi connectivity index (χ1) is 15.8. The average molecular weight is 452 g/mol. The maximum absolute atomic E-state index is 13.0. The normalized spacial score (nSPS) is 15.0. The van der Waals surface area contributed by atoms with Gasteiger partial charge in [-0.3, -0.25) is 9.59 Å². The number of carboxylic acid groups (broad SMARTS) is 1. The van der Waals surface area contributed by atoms with Gasteiger partial charge < -0.3 is 21.1 Å². The second-order valence-corrected chi connectivity index (χ2v) is 9.09. The Kier molecular flexibility index (Phi) is 8.60. The van der Waals surface area contributed by atoms with Crippen molar-refractivity contribution in [2.45, 2.75) is 57.7 Å². The molecule has 176 valence electrons. The highest BCUT2D eigenvalue weighted by Gasteiger charge is 2.28. The maximum Gasteiger partial charge on any atom is 0.326 e. The van der Waals surface area contributed by atoms with E-state index in [-0.39, 0.29) is 30.8 Å². The van der Waals surface area contributed by atoms with E-state index in [2.05, 4.69) is 28.1 Å². The molecule has 0 aromatic heterocycles. The van der Waals surface area contributed by atoms with Gasteiger partial charge in [-0.15, -0.1) is 0 Å². The van der Waals surface area contributed by atoms with E-state index in [9.17, 15) is 19.5 Å². The molecule has 0 saturated carbocycles. The summed E-state index contributed by atoms with van der Waals surface area (Å²) in [5.74, 6) is -1.76. The Balaban J connectivity index is 1.60. The molecule has 33 heavy (non-hydrogen) atoms. The lowest BCUT2D eigenvalue weighted by Crippen LogP contribution is -2.54. The number of nitrogens with one attached hydrogen (secondary N) is 3. The molecule has 1 aliphatic carbocycles. The van der Waals surface area contributed by atoms with Crippen LogP contribution >= 0.6 is 0 Å². The van der Waals surface area contributed by atoms with E-state index in [1.165, 1.54) is 11.1 Å². The quantitative estimate of drug-likeness (QED) is 0.419.